The Hall–Kier alpha value is -0.520. The average Bonchev–Trinajstić information content (AvgIpc) is 2.06. The van der Waals surface area contributed by atoms with Crippen LogP contribution in [0.4, 0.5) is 8.78 Å². The normalized spacial score (nSPS) is 11.2. The molecule has 0 saturated heterocycles. The summed E-state index contributed by atoms with van der Waals surface area (Å²) in [6, 6.07) is 7.04. The molecular formula is C8H5F2IO. The minimum Gasteiger partial charge on any atom is -0.281 e. The minimum atomic E-state index is -3.36. The van der Waals surface area contributed by atoms with Crippen molar-refractivity contribution in [3.63, 3.8) is 0 Å². The first kappa shape index (κ1) is 9.57. The summed E-state index contributed by atoms with van der Waals surface area (Å²) in [5.41, 5.74) is -0.260. The zero-order valence-corrected chi connectivity index (χ0v) is 8.09. The molecule has 1 aromatic rings. The summed E-state index contributed by atoms with van der Waals surface area (Å²) in [5, 5.41) is 0. The minimum absolute atomic E-state index is 0.260. The van der Waals surface area contributed by atoms with Crippen LogP contribution in [0.15, 0.2) is 30.3 Å². The van der Waals surface area contributed by atoms with Crippen molar-refractivity contribution in [1.82, 2.24) is 0 Å². The molecule has 0 heterocycles. The van der Waals surface area contributed by atoms with Crippen LogP contribution in [0.1, 0.15) is 5.56 Å². The average molecular weight is 282 g/mol. The predicted octanol–water partition coefficient (Wildman–Crippen LogP) is 2.74. The highest BCUT2D eigenvalue weighted by molar-refractivity contribution is 14.1. The first-order valence-corrected chi connectivity index (χ1v) is 4.26. The molecule has 0 radical (unpaired) electrons. The van der Waals surface area contributed by atoms with Gasteiger partial charge in [0.25, 0.3) is 3.79 Å². The van der Waals surface area contributed by atoms with Crippen molar-refractivity contribution < 1.29 is 13.6 Å². The van der Waals surface area contributed by atoms with Gasteiger partial charge in [0.1, 0.15) is 0 Å². The van der Waals surface area contributed by atoms with Crippen LogP contribution in [0, 0.1) is 0 Å². The van der Waals surface area contributed by atoms with Crippen LogP contribution in [0.5, 0.6) is 0 Å². The zero-order chi connectivity index (χ0) is 9.19. The Morgan fingerprint density at radius 2 is 1.75 bits per heavy atom. The topological polar surface area (TPSA) is 17.1 Å². The smallest absolute Gasteiger partial charge is 0.281 e. The van der Waals surface area contributed by atoms with Crippen molar-refractivity contribution >= 4 is 26.4 Å². The zero-order valence-electron chi connectivity index (χ0n) is 5.93. The molecule has 0 fully saturated rings. The first-order valence-electron chi connectivity index (χ1n) is 3.18. The van der Waals surface area contributed by atoms with Crippen molar-refractivity contribution in [1.29, 1.82) is 0 Å². The van der Waals surface area contributed by atoms with Crippen molar-refractivity contribution in [2.45, 2.75) is 5.92 Å². The Balaban J connectivity index is 3.06. The monoisotopic (exact) mass is 282 g/mol. The fraction of sp³-hybridized carbons (Fsp3) is 0.125. The van der Waals surface area contributed by atoms with E-state index >= 15 is 0 Å². The van der Waals surface area contributed by atoms with Gasteiger partial charge in [-0.2, -0.15) is 8.78 Å². The van der Waals surface area contributed by atoms with E-state index in [1.165, 1.54) is 24.3 Å². The molecule has 0 aliphatic heterocycles. The number of alkyl halides is 2. The van der Waals surface area contributed by atoms with Crippen molar-refractivity contribution in [3.8, 4) is 0 Å². The van der Waals surface area contributed by atoms with E-state index in [1.807, 2.05) is 0 Å². The molecule has 0 amide bonds. The second-order valence-electron chi connectivity index (χ2n) is 2.21. The summed E-state index contributed by atoms with van der Waals surface area (Å²) in [6.45, 7) is 0. The molecule has 0 aliphatic carbocycles. The molecule has 12 heavy (non-hydrogen) atoms. The third kappa shape index (κ3) is 1.80. The molecule has 0 saturated carbocycles. The molecule has 0 aromatic heterocycles. The third-order valence-corrected chi connectivity index (χ3v) is 2.06. The van der Waals surface area contributed by atoms with Gasteiger partial charge in [-0.15, -0.1) is 0 Å². The lowest BCUT2D eigenvalue weighted by molar-refractivity contribution is -0.132. The van der Waals surface area contributed by atoms with Crippen molar-refractivity contribution in [2.75, 3.05) is 0 Å². The molecule has 4 heteroatoms. The Labute approximate surface area is 81.9 Å². The SMILES string of the molecule is O=C(I)C(F)(F)c1ccccc1. The molecule has 0 atom stereocenters. The van der Waals surface area contributed by atoms with Crippen LogP contribution >= 0.6 is 22.6 Å². The quantitative estimate of drug-likeness (QED) is 0.602. The molecule has 0 spiro atoms. The van der Waals surface area contributed by atoms with Crippen LogP contribution in [0.25, 0.3) is 0 Å². The fourth-order valence-electron chi connectivity index (χ4n) is 0.761. The highest BCUT2D eigenvalue weighted by Gasteiger charge is 2.38. The molecule has 1 aromatic carbocycles. The second-order valence-corrected chi connectivity index (χ2v) is 3.19. The number of rotatable bonds is 2. The van der Waals surface area contributed by atoms with E-state index < -0.39 is 9.71 Å². The maximum Gasteiger partial charge on any atom is 0.340 e. The van der Waals surface area contributed by atoms with Crippen molar-refractivity contribution in [2.24, 2.45) is 0 Å². The largest absolute Gasteiger partial charge is 0.340 e. The maximum atomic E-state index is 12.9. The standard InChI is InChI=1S/C8H5F2IO/c9-8(10,7(11)12)6-4-2-1-3-5-6/h1-5H. The highest BCUT2D eigenvalue weighted by atomic mass is 127. The van der Waals surface area contributed by atoms with Gasteiger partial charge in [0, 0.05) is 28.2 Å². The fourth-order valence-corrected chi connectivity index (χ4v) is 1.07. The van der Waals surface area contributed by atoms with Gasteiger partial charge in [-0.1, -0.05) is 30.3 Å². The Morgan fingerprint density at radius 3 is 2.17 bits per heavy atom. The van der Waals surface area contributed by atoms with Crippen LogP contribution in [-0.4, -0.2) is 3.79 Å². The Bertz CT molecular complexity index is 284. The van der Waals surface area contributed by atoms with Crippen molar-refractivity contribution in [3.05, 3.63) is 35.9 Å². The number of halogens is 3. The molecule has 64 valence electrons. The molecule has 0 N–H and O–H groups in total. The number of benzene rings is 1. The summed E-state index contributed by atoms with van der Waals surface area (Å²) < 4.78 is 24.7. The molecule has 1 nitrogen and oxygen atoms in total. The number of hydrogen-bond acceptors (Lipinski definition) is 1. The van der Waals surface area contributed by atoms with E-state index in [4.69, 9.17) is 0 Å². The van der Waals surface area contributed by atoms with Gasteiger partial charge in [0.15, 0.2) is 0 Å². The van der Waals surface area contributed by atoms with E-state index in [2.05, 4.69) is 0 Å². The van der Waals surface area contributed by atoms with Crippen LogP contribution in [0.2, 0.25) is 0 Å². The van der Waals surface area contributed by atoms with Gasteiger partial charge in [0.05, 0.1) is 0 Å². The van der Waals surface area contributed by atoms with Gasteiger partial charge in [0.2, 0.25) is 0 Å². The number of carbonyl (C=O) groups is 1. The Morgan fingerprint density at radius 1 is 1.25 bits per heavy atom. The summed E-state index contributed by atoms with van der Waals surface area (Å²) in [4.78, 5) is 10.5. The first-order chi connectivity index (χ1) is 5.55. The van der Waals surface area contributed by atoms with E-state index in [0.717, 1.165) is 22.6 Å². The number of hydrogen-bond donors (Lipinski definition) is 0. The van der Waals surface area contributed by atoms with E-state index in [0.29, 0.717) is 0 Å². The van der Waals surface area contributed by atoms with Crippen LogP contribution < -0.4 is 0 Å². The lowest BCUT2D eigenvalue weighted by atomic mass is 10.1. The van der Waals surface area contributed by atoms with Gasteiger partial charge < -0.3 is 0 Å². The summed E-state index contributed by atoms with van der Waals surface area (Å²) in [7, 11) is 0. The number of carbonyl (C=O) groups excluding carboxylic acids is 1. The second kappa shape index (κ2) is 3.47. The maximum absolute atomic E-state index is 12.9. The molecule has 1 rings (SSSR count). The van der Waals surface area contributed by atoms with Gasteiger partial charge in [-0.25, -0.2) is 0 Å². The highest BCUT2D eigenvalue weighted by Crippen LogP contribution is 2.30. The summed E-state index contributed by atoms with van der Waals surface area (Å²) in [5.74, 6) is -3.36. The van der Waals surface area contributed by atoms with Gasteiger partial charge in [-0.05, 0) is 0 Å². The third-order valence-electron chi connectivity index (χ3n) is 1.38. The summed E-state index contributed by atoms with van der Waals surface area (Å²) in [6.07, 6.45) is 0. The molecule has 0 aliphatic rings. The van der Waals surface area contributed by atoms with E-state index in [1.54, 1.807) is 6.07 Å². The summed E-state index contributed by atoms with van der Waals surface area (Å²) >= 11 is 1.10. The Kier molecular flexibility index (Phi) is 2.76. The van der Waals surface area contributed by atoms with Crippen LogP contribution in [0.3, 0.4) is 0 Å². The lowest BCUT2D eigenvalue weighted by Gasteiger charge is -2.10. The molecule has 0 unspecified atom stereocenters. The predicted molar refractivity (Wildman–Crippen MR) is 49.4 cm³/mol. The molecular weight excluding hydrogens is 277 g/mol. The lowest BCUT2D eigenvalue weighted by Crippen LogP contribution is -2.20. The van der Waals surface area contributed by atoms with Gasteiger partial charge in [-0.3, -0.25) is 4.79 Å². The van der Waals surface area contributed by atoms with E-state index in [9.17, 15) is 13.6 Å². The van der Waals surface area contributed by atoms with E-state index in [-0.39, 0.29) is 5.56 Å². The molecule has 0 bridgehead atoms. The van der Waals surface area contributed by atoms with Crippen LogP contribution in [-0.2, 0) is 10.7 Å². The van der Waals surface area contributed by atoms with Gasteiger partial charge >= 0.3 is 5.92 Å².